The highest BCUT2D eigenvalue weighted by molar-refractivity contribution is 7.92. The summed E-state index contributed by atoms with van der Waals surface area (Å²) in [6.07, 6.45) is 0.473. The van der Waals surface area contributed by atoms with E-state index in [2.05, 4.69) is 28.3 Å². The number of carbonyl (C=O) groups excluding carboxylic acids is 2. The largest absolute Gasteiger partial charge is 0.390 e. The second kappa shape index (κ2) is 14.8. The summed E-state index contributed by atoms with van der Waals surface area (Å²) in [7, 11) is -3.46. The van der Waals surface area contributed by atoms with Crippen LogP contribution < -0.4 is 15.4 Å². The molecule has 0 saturated carbocycles. The molecule has 220 valence electrons. The maximum absolute atomic E-state index is 13.8. The van der Waals surface area contributed by atoms with Crippen LogP contribution in [0.2, 0.25) is 0 Å². The van der Waals surface area contributed by atoms with Gasteiger partial charge in [0.15, 0.2) is 5.78 Å². The lowest BCUT2D eigenvalue weighted by Gasteiger charge is -2.25. The number of ketones is 1. The Bertz CT molecular complexity index is 1430. The molecule has 0 unspecified atom stereocenters. The molecule has 0 aliphatic heterocycles. The Hall–Kier alpha value is -3.67. The van der Waals surface area contributed by atoms with Crippen LogP contribution >= 0.6 is 0 Å². The summed E-state index contributed by atoms with van der Waals surface area (Å²) in [5.74, 6) is -2.37. The molecule has 0 aliphatic rings. The van der Waals surface area contributed by atoms with Crippen LogP contribution in [0.1, 0.15) is 46.8 Å². The number of sulfonamides is 1. The lowest BCUT2D eigenvalue weighted by molar-refractivity contribution is -0.122. The topological polar surface area (TPSA) is 125 Å². The van der Waals surface area contributed by atoms with Crippen molar-refractivity contribution >= 4 is 27.4 Å². The van der Waals surface area contributed by atoms with Gasteiger partial charge in [0.1, 0.15) is 11.6 Å². The first-order valence-corrected chi connectivity index (χ1v) is 15.1. The number of amides is 1. The van der Waals surface area contributed by atoms with Gasteiger partial charge in [-0.3, -0.25) is 14.3 Å². The molecular weight excluding hydrogens is 552 g/mol. The first-order valence-electron chi connectivity index (χ1n) is 13.2. The number of aliphatic hydroxyl groups is 1. The summed E-state index contributed by atoms with van der Waals surface area (Å²) >= 11 is 0. The molecule has 0 aliphatic carbocycles. The summed E-state index contributed by atoms with van der Waals surface area (Å²) in [4.78, 5) is 25.4. The number of Topliss-reactive ketones (excluding diaryl/α,β-unsaturated/α-hetero) is 1. The number of hydrogen-bond donors (Lipinski definition) is 4. The molecule has 0 saturated heterocycles. The fourth-order valence-corrected chi connectivity index (χ4v) is 4.89. The van der Waals surface area contributed by atoms with Crippen LogP contribution in [0.4, 0.5) is 14.5 Å². The van der Waals surface area contributed by atoms with Crippen LogP contribution in [-0.4, -0.2) is 50.2 Å². The van der Waals surface area contributed by atoms with E-state index < -0.39 is 39.7 Å². The number of halogens is 2. The van der Waals surface area contributed by atoms with Crippen molar-refractivity contribution in [2.75, 3.05) is 17.5 Å². The minimum atomic E-state index is -3.46. The van der Waals surface area contributed by atoms with Crippen molar-refractivity contribution < 1.29 is 31.9 Å². The van der Waals surface area contributed by atoms with Crippen LogP contribution in [0.3, 0.4) is 0 Å². The lowest BCUT2D eigenvalue weighted by Crippen LogP contribution is -2.48. The van der Waals surface area contributed by atoms with Gasteiger partial charge in [-0.2, -0.15) is 0 Å². The molecule has 0 radical (unpaired) electrons. The molecular formula is C30H35F2N3O5S. The third-order valence-electron chi connectivity index (χ3n) is 6.36. The van der Waals surface area contributed by atoms with Crippen molar-refractivity contribution in [3.63, 3.8) is 0 Å². The molecule has 2 atom stereocenters. The van der Waals surface area contributed by atoms with Crippen molar-refractivity contribution in [3.8, 4) is 0 Å². The molecule has 3 aromatic rings. The second-order valence-electron chi connectivity index (χ2n) is 9.90. The Morgan fingerprint density at radius 1 is 0.902 bits per heavy atom. The molecule has 3 aromatic carbocycles. The zero-order chi connectivity index (χ0) is 30.0. The minimum Gasteiger partial charge on any atom is -0.390 e. The molecule has 0 spiro atoms. The monoisotopic (exact) mass is 587 g/mol. The van der Waals surface area contributed by atoms with E-state index in [1.807, 2.05) is 18.2 Å². The Morgan fingerprint density at radius 3 is 2.20 bits per heavy atom. The normalized spacial score (nSPS) is 12.9. The number of aryl methyl sites for hydroxylation is 1. The van der Waals surface area contributed by atoms with Gasteiger partial charge in [-0.1, -0.05) is 31.2 Å². The van der Waals surface area contributed by atoms with E-state index in [0.29, 0.717) is 17.8 Å². The van der Waals surface area contributed by atoms with E-state index in [-0.39, 0.29) is 37.2 Å². The molecule has 11 heteroatoms. The zero-order valence-corrected chi connectivity index (χ0v) is 23.8. The summed E-state index contributed by atoms with van der Waals surface area (Å²) in [5.41, 5.74) is 3.09. The number of hydrogen-bond acceptors (Lipinski definition) is 6. The average Bonchev–Trinajstić information content (AvgIpc) is 2.90. The molecule has 0 aromatic heterocycles. The summed E-state index contributed by atoms with van der Waals surface area (Å²) in [6.45, 7) is 2.64. The summed E-state index contributed by atoms with van der Waals surface area (Å²) in [6, 6.07) is 16.0. The highest BCUT2D eigenvalue weighted by Crippen LogP contribution is 2.15. The molecule has 0 heterocycles. The maximum Gasteiger partial charge on any atom is 0.229 e. The quantitative estimate of drug-likeness (QED) is 0.201. The van der Waals surface area contributed by atoms with E-state index in [9.17, 15) is 31.9 Å². The number of aliphatic hydroxyl groups excluding tert-OH is 1. The van der Waals surface area contributed by atoms with E-state index >= 15 is 0 Å². The standard InChI is InChI=1S/C30H35F2N3O5S/c1-3-20-5-4-6-21(13-20)18-33-19-29(37)27(16-22-14-24(31)17-25(32)15-22)34-30(38)12-11-28(36)23-7-9-26(10-8-23)35-41(2,39)40/h4-10,13-15,17,27,29,33,35,37H,3,11-12,16,18-19H2,1-2H3,(H,34,38)/t27-,29-/m0/s1. The smallest absolute Gasteiger partial charge is 0.229 e. The van der Waals surface area contributed by atoms with Gasteiger partial charge in [0, 0.05) is 43.2 Å². The molecule has 8 nitrogen and oxygen atoms in total. The molecule has 0 fully saturated rings. The number of nitrogens with one attached hydrogen (secondary N) is 3. The first-order chi connectivity index (χ1) is 19.4. The molecule has 1 amide bonds. The first kappa shape index (κ1) is 31.9. The predicted octanol–water partition coefficient (Wildman–Crippen LogP) is 3.74. The number of benzene rings is 3. The van der Waals surface area contributed by atoms with Gasteiger partial charge in [0.2, 0.25) is 15.9 Å². The van der Waals surface area contributed by atoms with Crippen molar-refractivity contribution in [3.05, 3.63) is 101 Å². The second-order valence-corrected chi connectivity index (χ2v) is 11.7. The SMILES string of the molecule is CCc1cccc(CNC[C@H](O)[C@H](Cc2cc(F)cc(F)c2)NC(=O)CCC(=O)c2ccc(NS(C)(=O)=O)cc2)c1. The van der Waals surface area contributed by atoms with Crippen LogP contribution in [0.5, 0.6) is 0 Å². The minimum absolute atomic E-state index is 0.0304. The maximum atomic E-state index is 13.8. The van der Waals surface area contributed by atoms with Gasteiger partial charge in [0.25, 0.3) is 0 Å². The van der Waals surface area contributed by atoms with Crippen LogP contribution in [-0.2, 0) is 34.2 Å². The van der Waals surface area contributed by atoms with E-state index in [0.717, 1.165) is 36.4 Å². The predicted molar refractivity (Wildman–Crippen MR) is 154 cm³/mol. The highest BCUT2D eigenvalue weighted by Gasteiger charge is 2.23. The van der Waals surface area contributed by atoms with Crippen molar-refractivity contribution in [1.29, 1.82) is 0 Å². The van der Waals surface area contributed by atoms with Gasteiger partial charge in [-0.25, -0.2) is 17.2 Å². The molecule has 3 rings (SSSR count). The van der Waals surface area contributed by atoms with E-state index in [4.69, 9.17) is 0 Å². The number of rotatable bonds is 15. The number of anilines is 1. The third kappa shape index (κ3) is 11.0. The zero-order valence-electron chi connectivity index (χ0n) is 23.0. The van der Waals surface area contributed by atoms with Gasteiger partial charge in [-0.05, 0) is 65.9 Å². The van der Waals surface area contributed by atoms with Crippen LogP contribution in [0, 0.1) is 11.6 Å². The fourth-order valence-electron chi connectivity index (χ4n) is 4.32. The Balaban J connectivity index is 1.61. The summed E-state index contributed by atoms with van der Waals surface area (Å²) < 4.78 is 52.6. The Labute approximate surface area is 239 Å². The van der Waals surface area contributed by atoms with Crippen molar-refractivity contribution in [1.82, 2.24) is 10.6 Å². The van der Waals surface area contributed by atoms with Gasteiger partial charge < -0.3 is 15.7 Å². The molecule has 41 heavy (non-hydrogen) atoms. The van der Waals surface area contributed by atoms with E-state index in [1.165, 1.54) is 29.8 Å². The van der Waals surface area contributed by atoms with Gasteiger partial charge in [-0.15, -0.1) is 0 Å². The fraction of sp³-hybridized carbons (Fsp3) is 0.333. The van der Waals surface area contributed by atoms with E-state index in [1.54, 1.807) is 0 Å². The molecule has 0 bridgehead atoms. The number of carbonyl (C=O) groups is 2. The Kier molecular flexibility index (Phi) is 11.5. The van der Waals surface area contributed by atoms with Crippen LogP contribution in [0.15, 0.2) is 66.7 Å². The van der Waals surface area contributed by atoms with Crippen molar-refractivity contribution in [2.24, 2.45) is 0 Å². The average molecular weight is 588 g/mol. The van der Waals surface area contributed by atoms with Gasteiger partial charge >= 0.3 is 0 Å². The lowest BCUT2D eigenvalue weighted by atomic mass is 9.99. The third-order valence-corrected chi connectivity index (χ3v) is 6.97. The highest BCUT2D eigenvalue weighted by atomic mass is 32.2. The van der Waals surface area contributed by atoms with Crippen LogP contribution in [0.25, 0.3) is 0 Å². The molecule has 4 N–H and O–H groups in total. The Morgan fingerprint density at radius 2 is 1.56 bits per heavy atom. The van der Waals surface area contributed by atoms with Gasteiger partial charge in [0.05, 0.1) is 18.4 Å². The summed E-state index contributed by atoms with van der Waals surface area (Å²) in [5, 5.41) is 16.8. The van der Waals surface area contributed by atoms with Crippen molar-refractivity contribution in [2.45, 2.75) is 51.3 Å².